The Bertz CT molecular complexity index is 982. The van der Waals surface area contributed by atoms with Gasteiger partial charge in [-0.3, -0.25) is 0 Å². The lowest BCUT2D eigenvalue weighted by atomic mass is 10.2. The number of aromatic nitrogens is 2. The van der Waals surface area contributed by atoms with Crippen molar-refractivity contribution in [1.82, 2.24) is 14.9 Å². The minimum Gasteiger partial charge on any atom is -0.497 e. The predicted octanol–water partition coefficient (Wildman–Crippen LogP) is 2.57. The van der Waals surface area contributed by atoms with Gasteiger partial charge in [0.05, 0.1) is 12.0 Å². The van der Waals surface area contributed by atoms with Gasteiger partial charge in [-0.25, -0.2) is 13.1 Å². The molecule has 2 aromatic carbocycles. The van der Waals surface area contributed by atoms with E-state index in [-0.39, 0.29) is 11.4 Å². The highest BCUT2D eigenvalue weighted by atomic mass is 32.2. The summed E-state index contributed by atoms with van der Waals surface area (Å²) in [5, 5.41) is 3.92. The predicted molar refractivity (Wildman–Crippen MR) is 96.4 cm³/mol. The Morgan fingerprint density at radius 1 is 1.15 bits per heavy atom. The smallest absolute Gasteiger partial charge is 0.240 e. The van der Waals surface area contributed by atoms with Crippen LogP contribution in [0.3, 0.4) is 0 Å². The van der Waals surface area contributed by atoms with Gasteiger partial charge >= 0.3 is 0 Å². The summed E-state index contributed by atoms with van der Waals surface area (Å²) in [4.78, 5) is 4.53. The standard InChI is InChI=1S/C18H19N3O4S/c1-13-4-3-5-16(12-13)26(22,23)19-11-10-17-20-18(21-25-17)14-6-8-15(24-2)9-7-14/h3-9,12,19H,10-11H2,1-2H3. The van der Waals surface area contributed by atoms with Gasteiger partial charge in [0.25, 0.3) is 0 Å². The molecule has 3 rings (SSSR count). The number of rotatable bonds is 7. The second kappa shape index (κ2) is 7.67. The van der Waals surface area contributed by atoms with Gasteiger partial charge in [0.15, 0.2) is 0 Å². The van der Waals surface area contributed by atoms with Crippen LogP contribution >= 0.6 is 0 Å². The van der Waals surface area contributed by atoms with E-state index in [1.54, 1.807) is 37.4 Å². The first-order valence-corrected chi connectivity index (χ1v) is 9.49. The number of benzene rings is 2. The molecule has 0 aliphatic heterocycles. The number of ether oxygens (including phenoxy) is 1. The summed E-state index contributed by atoms with van der Waals surface area (Å²) < 4.78 is 37.4. The van der Waals surface area contributed by atoms with E-state index >= 15 is 0 Å². The van der Waals surface area contributed by atoms with E-state index in [0.717, 1.165) is 16.9 Å². The Morgan fingerprint density at radius 3 is 2.62 bits per heavy atom. The van der Waals surface area contributed by atoms with Crippen molar-refractivity contribution in [1.29, 1.82) is 0 Å². The van der Waals surface area contributed by atoms with Gasteiger partial charge in [-0.1, -0.05) is 17.3 Å². The third-order valence-electron chi connectivity index (χ3n) is 3.75. The molecule has 0 amide bonds. The largest absolute Gasteiger partial charge is 0.497 e. The van der Waals surface area contributed by atoms with E-state index in [2.05, 4.69) is 14.9 Å². The molecule has 0 saturated carbocycles. The summed E-state index contributed by atoms with van der Waals surface area (Å²) in [6, 6.07) is 14.0. The molecule has 3 aromatic rings. The molecule has 1 aromatic heterocycles. The first-order chi connectivity index (χ1) is 12.5. The van der Waals surface area contributed by atoms with Crippen molar-refractivity contribution in [3.63, 3.8) is 0 Å². The van der Waals surface area contributed by atoms with Gasteiger partial charge in [-0.05, 0) is 48.9 Å². The van der Waals surface area contributed by atoms with Crippen molar-refractivity contribution < 1.29 is 17.7 Å². The van der Waals surface area contributed by atoms with Crippen molar-refractivity contribution in [2.24, 2.45) is 0 Å². The fourth-order valence-electron chi connectivity index (χ4n) is 2.37. The second-order valence-electron chi connectivity index (χ2n) is 5.70. The molecule has 26 heavy (non-hydrogen) atoms. The molecule has 0 bridgehead atoms. The summed E-state index contributed by atoms with van der Waals surface area (Å²) >= 11 is 0. The summed E-state index contributed by atoms with van der Waals surface area (Å²) in [5.41, 5.74) is 1.68. The topological polar surface area (TPSA) is 94.3 Å². The lowest BCUT2D eigenvalue weighted by Crippen LogP contribution is -2.26. The van der Waals surface area contributed by atoms with Gasteiger partial charge in [-0.15, -0.1) is 0 Å². The van der Waals surface area contributed by atoms with E-state index in [0.29, 0.717) is 18.1 Å². The monoisotopic (exact) mass is 373 g/mol. The highest BCUT2D eigenvalue weighted by molar-refractivity contribution is 7.89. The summed E-state index contributed by atoms with van der Waals surface area (Å²) in [7, 11) is -1.96. The van der Waals surface area contributed by atoms with Crippen LogP contribution in [0, 0.1) is 6.92 Å². The lowest BCUT2D eigenvalue weighted by molar-refractivity contribution is 0.379. The normalized spacial score (nSPS) is 11.5. The first kappa shape index (κ1) is 18.1. The van der Waals surface area contributed by atoms with Crippen molar-refractivity contribution in [2.45, 2.75) is 18.2 Å². The highest BCUT2D eigenvalue weighted by Gasteiger charge is 2.15. The van der Waals surface area contributed by atoms with E-state index in [4.69, 9.17) is 9.26 Å². The van der Waals surface area contributed by atoms with Crippen molar-refractivity contribution >= 4 is 10.0 Å². The van der Waals surface area contributed by atoms with E-state index in [9.17, 15) is 8.42 Å². The molecule has 0 unspecified atom stereocenters. The molecular formula is C18H19N3O4S. The molecule has 0 aliphatic carbocycles. The van der Waals surface area contributed by atoms with Crippen LogP contribution < -0.4 is 9.46 Å². The summed E-state index contributed by atoms with van der Waals surface area (Å²) in [6.07, 6.45) is 0.300. The van der Waals surface area contributed by atoms with Crippen LogP contribution in [0.25, 0.3) is 11.4 Å². The van der Waals surface area contributed by atoms with Crippen LogP contribution in [0.5, 0.6) is 5.75 Å². The maximum atomic E-state index is 12.3. The third-order valence-corrected chi connectivity index (χ3v) is 5.21. The molecule has 136 valence electrons. The highest BCUT2D eigenvalue weighted by Crippen LogP contribution is 2.19. The van der Waals surface area contributed by atoms with E-state index < -0.39 is 10.0 Å². The molecule has 0 spiro atoms. The Kier molecular flexibility index (Phi) is 5.34. The second-order valence-corrected chi connectivity index (χ2v) is 7.47. The fraction of sp³-hybridized carbons (Fsp3) is 0.222. The molecule has 8 heteroatoms. The average molecular weight is 373 g/mol. The molecule has 0 aliphatic rings. The van der Waals surface area contributed by atoms with Crippen LogP contribution in [-0.2, 0) is 16.4 Å². The minimum absolute atomic E-state index is 0.167. The zero-order chi connectivity index (χ0) is 18.6. The Morgan fingerprint density at radius 2 is 1.92 bits per heavy atom. The van der Waals surface area contributed by atoms with Crippen molar-refractivity contribution in [3.8, 4) is 17.1 Å². The zero-order valence-corrected chi connectivity index (χ0v) is 15.3. The average Bonchev–Trinajstić information content (AvgIpc) is 3.10. The number of aryl methyl sites for hydroxylation is 1. The molecular weight excluding hydrogens is 354 g/mol. The maximum Gasteiger partial charge on any atom is 0.240 e. The van der Waals surface area contributed by atoms with Gasteiger partial charge in [0.2, 0.25) is 21.7 Å². The fourth-order valence-corrected chi connectivity index (χ4v) is 3.51. The molecule has 1 N–H and O–H groups in total. The molecule has 0 atom stereocenters. The lowest BCUT2D eigenvalue weighted by Gasteiger charge is -2.06. The van der Waals surface area contributed by atoms with Crippen LogP contribution in [0.15, 0.2) is 57.9 Å². The number of methoxy groups -OCH3 is 1. The Hall–Kier alpha value is -2.71. The van der Waals surface area contributed by atoms with Crippen LogP contribution in [0.4, 0.5) is 0 Å². The molecule has 0 fully saturated rings. The number of sulfonamides is 1. The zero-order valence-electron chi connectivity index (χ0n) is 14.5. The number of hydrogen-bond donors (Lipinski definition) is 1. The third kappa shape index (κ3) is 4.27. The number of nitrogens with zero attached hydrogens (tertiary/aromatic N) is 2. The summed E-state index contributed by atoms with van der Waals surface area (Å²) in [5.74, 6) is 1.55. The molecule has 7 nitrogen and oxygen atoms in total. The summed E-state index contributed by atoms with van der Waals surface area (Å²) in [6.45, 7) is 2.01. The number of hydrogen-bond acceptors (Lipinski definition) is 6. The SMILES string of the molecule is COc1ccc(-c2noc(CCNS(=O)(=O)c3cccc(C)c3)n2)cc1. The van der Waals surface area contributed by atoms with Gasteiger partial charge in [0, 0.05) is 18.5 Å². The quantitative estimate of drug-likeness (QED) is 0.684. The maximum absolute atomic E-state index is 12.3. The van der Waals surface area contributed by atoms with E-state index in [1.807, 2.05) is 25.1 Å². The van der Waals surface area contributed by atoms with Crippen molar-refractivity contribution in [3.05, 3.63) is 60.0 Å². The Labute approximate surface area is 152 Å². The van der Waals surface area contributed by atoms with Crippen molar-refractivity contribution in [2.75, 3.05) is 13.7 Å². The Balaban J connectivity index is 1.61. The van der Waals surface area contributed by atoms with E-state index in [1.165, 1.54) is 0 Å². The van der Waals surface area contributed by atoms with Gasteiger partial charge < -0.3 is 9.26 Å². The number of nitrogens with one attached hydrogen (secondary N) is 1. The van der Waals surface area contributed by atoms with Gasteiger partial charge in [-0.2, -0.15) is 4.98 Å². The van der Waals surface area contributed by atoms with Gasteiger partial charge in [0.1, 0.15) is 5.75 Å². The first-order valence-electron chi connectivity index (χ1n) is 8.01. The van der Waals surface area contributed by atoms with Crippen LogP contribution in [0.1, 0.15) is 11.5 Å². The minimum atomic E-state index is -3.56. The molecule has 0 radical (unpaired) electrons. The van der Waals surface area contributed by atoms with Crippen LogP contribution in [0.2, 0.25) is 0 Å². The van der Waals surface area contributed by atoms with Crippen LogP contribution in [-0.4, -0.2) is 32.2 Å². The molecule has 1 heterocycles. The molecule has 0 saturated heterocycles.